The zero-order valence-electron chi connectivity index (χ0n) is 10.0. The van der Waals surface area contributed by atoms with Crippen molar-refractivity contribution in [1.82, 2.24) is 14.6 Å². The molecular weight excluding hydrogens is 198 g/mol. The Morgan fingerprint density at radius 2 is 1.75 bits per heavy atom. The van der Waals surface area contributed by atoms with Crippen LogP contribution in [-0.2, 0) is 0 Å². The summed E-state index contributed by atoms with van der Waals surface area (Å²) in [4.78, 5) is 4.52. The Bertz CT molecular complexity index is 701. The first-order chi connectivity index (χ1) is 7.58. The van der Waals surface area contributed by atoms with Gasteiger partial charge in [0.1, 0.15) is 5.82 Å². The first kappa shape index (κ1) is 9.46. The van der Waals surface area contributed by atoms with Crippen molar-refractivity contribution in [2.75, 3.05) is 0 Å². The summed E-state index contributed by atoms with van der Waals surface area (Å²) >= 11 is 0. The van der Waals surface area contributed by atoms with E-state index < -0.39 is 0 Å². The van der Waals surface area contributed by atoms with Crippen molar-refractivity contribution < 1.29 is 0 Å². The molecule has 0 fully saturated rings. The summed E-state index contributed by atoms with van der Waals surface area (Å²) in [6.45, 7) is 8.41. The predicted octanol–water partition coefficient (Wildman–Crippen LogP) is 3.05. The molecule has 2 heterocycles. The van der Waals surface area contributed by atoms with Gasteiger partial charge in [-0.25, -0.2) is 9.50 Å². The fraction of sp³-hybridized carbons (Fsp3) is 0.308. The predicted molar refractivity (Wildman–Crippen MR) is 66.0 cm³/mol. The van der Waals surface area contributed by atoms with Crippen LogP contribution in [0.1, 0.15) is 22.5 Å². The molecule has 3 nitrogen and oxygen atoms in total. The quantitative estimate of drug-likeness (QED) is 0.611. The summed E-state index contributed by atoms with van der Waals surface area (Å²) in [5.41, 5.74) is 6.16. The maximum atomic E-state index is 4.52. The molecule has 3 aromatic rings. The molecule has 0 bridgehead atoms. The van der Waals surface area contributed by atoms with E-state index in [2.05, 4.69) is 47.5 Å². The lowest BCUT2D eigenvalue weighted by molar-refractivity contribution is 0.969. The van der Waals surface area contributed by atoms with Crippen molar-refractivity contribution in [2.45, 2.75) is 27.7 Å². The molecule has 0 atom stereocenters. The van der Waals surface area contributed by atoms with Crippen LogP contribution in [0.25, 0.3) is 16.6 Å². The number of H-pyrrole nitrogens is 1. The Balaban J connectivity index is 2.58. The van der Waals surface area contributed by atoms with E-state index in [9.17, 15) is 0 Å². The number of aromatic nitrogens is 3. The Morgan fingerprint density at radius 1 is 1.06 bits per heavy atom. The SMILES string of the molecule is Cc1nc2c(C)c3cc(C)c(C)cc3n2[nH]1. The van der Waals surface area contributed by atoms with Gasteiger partial charge in [0.15, 0.2) is 5.65 Å². The fourth-order valence-electron chi connectivity index (χ4n) is 2.28. The van der Waals surface area contributed by atoms with Crippen molar-refractivity contribution >= 4 is 16.6 Å². The van der Waals surface area contributed by atoms with E-state index in [4.69, 9.17) is 0 Å². The number of aryl methyl sites for hydroxylation is 4. The van der Waals surface area contributed by atoms with Gasteiger partial charge in [0, 0.05) is 10.9 Å². The standard InChI is InChI=1S/C13H15N3/c1-7-5-11-9(3)13-14-10(4)15-16(13)12(11)6-8(7)2/h5-6H,1-4H3,(H,14,15). The molecule has 82 valence electrons. The minimum atomic E-state index is 0.957. The van der Waals surface area contributed by atoms with Crippen LogP contribution in [0, 0.1) is 27.7 Å². The van der Waals surface area contributed by atoms with E-state index in [1.165, 1.54) is 27.6 Å². The summed E-state index contributed by atoms with van der Waals surface area (Å²) < 4.78 is 2.08. The molecule has 2 aromatic heterocycles. The summed E-state index contributed by atoms with van der Waals surface area (Å²) in [5, 5.41) is 4.57. The molecule has 0 aliphatic carbocycles. The van der Waals surface area contributed by atoms with E-state index in [1.807, 2.05) is 6.92 Å². The highest BCUT2D eigenvalue weighted by atomic mass is 15.3. The molecule has 0 saturated carbocycles. The lowest BCUT2D eigenvalue weighted by Gasteiger charge is -2.00. The molecule has 0 amide bonds. The summed E-state index contributed by atoms with van der Waals surface area (Å²) in [6.07, 6.45) is 0. The highest BCUT2D eigenvalue weighted by Gasteiger charge is 2.12. The van der Waals surface area contributed by atoms with Crippen molar-refractivity contribution in [3.8, 4) is 0 Å². The minimum Gasteiger partial charge on any atom is -0.279 e. The molecule has 1 aromatic carbocycles. The molecule has 3 heteroatoms. The number of fused-ring (bicyclic) bond motifs is 3. The summed E-state index contributed by atoms with van der Waals surface area (Å²) in [6, 6.07) is 4.47. The van der Waals surface area contributed by atoms with Gasteiger partial charge in [0.2, 0.25) is 0 Å². The summed E-state index contributed by atoms with van der Waals surface area (Å²) in [7, 11) is 0. The lowest BCUT2D eigenvalue weighted by Crippen LogP contribution is -1.86. The van der Waals surface area contributed by atoms with Crippen molar-refractivity contribution in [3.05, 3.63) is 34.6 Å². The number of benzene rings is 1. The monoisotopic (exact) mass is 213 g/mol. The Labute approximate surface area is 94.1 Å². The van der Waals surface area contributed by atoms with Crippen LogP contribution >= 0.6 is 0 Å². The van der Waals surface area contributed by atoms with Gasteiger partial charge in [0.05, 0.1) is 5.52 Å². The third-order valence-corrected chi connectivity index (χ3v) is 3.35. The Hall–Kier alpha value is -1.77. The number of hydrogen-bond donors (Lipinski definition) is 1. The van der Waals surface area contributed by atoms with Gasteiger partial charge >= 0.3 is 0 Å². The van der Waals surface area contributed by atoms with E-state index in [0.717, 1.165) is 11.5 Å². The van der Waals surface area contributed by atoms with E-state index >= 15 is 0 Å². The van der Waals surface area contributed by atoms with Gasteiger partial charge in [-0.1, -0.05) is 0 Å². The second-order valence-corrected chi connectivity index (χ2v) is 4.55. The zero-order valence-corrected chi connectivity index (χ0v) is 10.0. The number of aromatic amines is 1. The first-order valence-electron chi connectivity index (χ1n) is 5.52. The van der Waals surface area contributed by atoms with Crippen molar-refractivity contribution in [3.63, 3.8) is 0 Å². The third kappa shape index (κ3) is 1.06. The second-order valence-electron chi connectivity index (χ2n) is 4.55. The average Bonchev–Trinajstić information content (AvgIpc) is 2.71. The maximum Gasteiger partial charge on any atom is 0.157 e. The average molecular weight is 213 g/mol. The molecule has 0 unspecified atom stereocenters. The molecule has 0 saturated heterocycles. The Kier molecular flexibility index (Phi) is 1.70. The third-order valence-electron chi connectivity index (χ3n) is 3.35. The lowest BCUT2D eigenvalue weighted by atomic mass is 10.1. The van der Waals surface area contributed by atoms with Gasteiger partial charge in [-0.3, -0.25) is 5.10 Å². The Morgan fingerprint density at radius 3 is 2.50 bits per heavy atom. The van der Waals surface area contributed by atoms with Crippen LogP contribution in [0.3, 0.4) is 0 Å². The van der Waals surface area contributed by atoms with E-state index in [-0.39, 0.29) is 0 Å². The van der Waals surface area contributed by atoms with Crippen LogP contribution in [0.2, 0.25) is 0 Å². The molecule has 0 radical (unpaired) electrons. The van der Waals surface area contributed by atoms with Crippen LogP contribution < -0.4 is 0 Å². The number of nitrogens with one attached hydrogen (secondary N) is 1. The van der Waals surface area contributed by atoms with Gasteiger partial charge < -0.3 is 0 Å². The number of hydrogen-bond acceptors (Lipinski definition) is 1. The van der Waals surface area contributed by atoms with E-state index in [0.29, 0.717) is 0 Å². The maximum absolute atomic E-state index is 4.52. The second kappa shape index (κ2) is 2.88. The van der Waals surface area contributed by atoms with Crippen LogP contribution in [-0.4, -0.2) is 14.6 Å². The van der Waals surface area contributed by atoms with Gasteiger partial charge in [-0.05, 0) is 51.0 Å². The van der Waals surface area contributed by atoms with Gasteiger partial charge in [0.25, 0.3) is 0 Å². The molecule has 0 aliphatic heterocycles. The molecule has 0 aliphatic rings. The molecule has 0 spiro atoms. The van der Waals surface area contributed by atoms with Crippen LogP contribution in [0.5, 0.6) is 0 Å². The number of rotatable bonds is 0. The first-order valence-corrected chi connectivity index (χ1v) is 5.52. The highest BCUT2D eigenvalue weighted by molar-refractivity contribution is 5.91. The largest absolute Gasteiger partial charge is 0.279 e. The van der Waals surface area contributed by atoms with Crippen molar-refractivity contribution in [1.29, 1.82) is 0 Å². The van der Waals surface area contributed by atoms with Crippen LogP contribution in [0.15, 0.2) is 12.1 Å². The smallest absolute Gasteiger partial charge is 0.157 e. The summed E-state index contributed by atoms with van der Waals surface area (Å²) in [5.74, 6) is 0.957. The van der Waals surface area contributed by atoms with Gasteiger partial charge in [-0.2, -0.15) is 0 Å². The zero-order chi connectivity index (χ0) is 11.4. The van der Waals surface area contributed by atoms with Gasteiger partial charge in [-0.15, -0.1) is 0 Å². The minimum absolute atomic E-state index is 0.957. The van der Waals surface area contributed by atoms with E-state index in [1.54, 1.807) is 0 Å². The molecule has 3 rings (SSSR count). The fourth-order valence-corrected chi connectivity index (χ4v) is 2.28. The van der Waals surface area contributed by atoms with Crippen LogP contribution in [0.4, 0.5) is 0 Å². The molecular formula is C13H15N3. The molecule has 1 N–H and O–H groups in total. The van der Waals surface area contributed by atoms with Crippen molar-refractivity contribution in [2.24, 2.45) is 0 Å². The normalized spacial score (nSPS) is 11.8. The highest BCUT2D eigenvalue weighted by Crippen LogP contribution is 2.27. The topological polar surface area (TPSA) is 33.1 Å². The molecule has 16 heavy (non-hydrogen) atoms. The number of nitrogens with zero attached hydrogens (tertiary/aromatic N) is 2.